The molecule has 0 aliphatic heterocycles. The van der Waals surface area contributed by atoms with E-state index in [1.54, 1.807) is 0 Å². The summed E-state index contributed by atoms with van der Waals surface area (Å²) >= 11 is 1.48. The summed E-state index contributed by atoms with van der Waals surface area (Å²) in [7, 11) is 0. The third-order valence-corrected chi connectivity index (χ3v) is 3.18. The highest BCUT2D eigenvalue weighted by Gasteiger charge is 2.10. The Morgan fingerprint density at radius 3 is 2.71 bits per heavy atom. The Morgan fingerprint density at radius 1 is 1.47 bits per heavy atom. The minimum Gasteiger partial charge on any atom is -0.493 e. The Morgan fingerprint density at radius 2 is 2.12 bits per heavy atom. The summed E-state index contributed by atoms with van der Waals surface area (Å²) in [5, 5.41) is 8.57. The van der Waals surface area contributed by atoms with Crippen LogP contribution < -0.4 is 10.5 Å². The zero-order valence-corrected chi connectivity index (χ0v) is 10.6. The number of thioether (sulfide) groups is 1. The number of nitrogens with two attached hydrogens (primary N) is 1. The van der Waals surface area contributed by atoms with Crippen LogP contribution in [0, 0.1) is 6.92 Å². The quantitative estimate of drug-likeness (QED) is 0.723. The smallest absolute Gasteiger partial charge is 0.321 e. The van der Waals surface area contributed by atoms with Gasteiger partial charge in [0.15, 0.2) is 0 Å². The summed E-state index contributed by atoms with van der Waals surface area (Å²) in [5.41, 5.74) is 6.56. The largest absolute Gasteiger partial charge is 0.493 e. The topological polar surface area (TPSA) is 72.5 Å². The summed E-state index contributed by atoms with van der Waals surface area (Å²) in [6.07, 6.45) is 0. The molecule has 5 heteroatoms. The van der Waals surface area contributed by atoms with Gasteiger partial charge in [0.05, 0.1) is 6.61 Å². The lowest BCUT2D eigenvalue weighted by atomic mass is 10.2. The average Bonchev–Trinajstić information content (AvgIpc) is 2.30. The molecule has 1 rings (SSSR count). The number of benzene rings is 1. The van der Waals surface area contributed by atoms with E-state index >= 15 is 0 Å². The molecule has 94 valence electrons. The minimum atomic E-state index is -0.961. The number of aliphatic carboxylic acids is 1. The number of carboxylic acid groups (broad SMARTS) is 1. The second-order valence-corrected chi connectivity index (χ2v) is 4.83. The average molecular weight is 255 g/mol. The number of rotatable bonds is 7. The van der Waals surface area contributed by atoms with Gasteiger partial charge in [-0.3, -0.25) is 4.79 Å². The van der Waals surface area contributed by atoms with Crippen molar-refractivity contribution < 1.29 is 14.6 Å². The second-order valence-electron chi connectivity index (χ2n) is 3.68. The zero-order chi connectivity index (χ0) is 12.7. The first-order chi connectivity index (χ1) is 8.09. The molecule has 0 bridgehead atoms. The van der Waals surface area contributed by atoms with Crippen LogP contribution in [0.3, 0.4) is 0 Å². The summed E-state index contributed by atoms with van der Waals surface area (Å²) in [6.45, 7) is 2.58. The Labute approximate surface area is 105 Å². The first-order valence-electron chi connectivity index (χ1n) is 5.35. The van der Waals surface area contributed by atoms with Crippen molar-refractivity contribution in [1.29, 1.82) is 0 Å². The van der Waals surface area contributed by atoms with Gasteiger partial charge in [-0.15, -0.1) is 0 Å². The molecule has 0 spiro atoms. The lowest BCUT2D eigenvalue weighted by molar-refractivity contribution is -0.137. The van der Waals surface area contributed by atoms with Gasteiger partial charge in [-0.1, -0.05) is 17.7 Å². The highest BCUT2D eigenvalue weighted by molar-refractivity contribution is 7.99. The van der Waals surface area contributed by atoms with Gasteiger partial charge in [0, 0.05) is 11.5 Å². The molecule has 0 saturated carbocycles. The van der Waals surface area contributed by atoms with Gasteiger partial charge in [0.25, 0.3) is 0 Å². The van der Waals surface area contributed by atoms with Crippen LogP contribution in [0.25, 0.3) is 0 Å². The summed E-state index contributed by atoms with van der Waals surface area (Å²) in [6, 6.07) is 7.02. The SMILES string of the molecule is Cc1ccc(OCCSC[C@H](N)C(=O)O)cc1. The van der Waals surface area contributed by atoms with E-state index in [1.807, 2.05) is 31.2 Å². The molecule has 3 N–H and O–H groups in total. The van der Waals surface area contributed by atoms with E-state index in [9.17, 15) is 4.79 Å². The molecule has 1 aromatic rings. The van der Waals surface area contributed by atoms with Crippen molar-refractivity contribution in [2.45, 2.75) is 13.0 Å². The molecular formula is C12H17NO3S. The fourth-order valence-electron chi connectivity index (χ4n) is 1.13. The minimum absolute atomic E-state index is 0.409. The van der Waals surface area contributed by atoms with Crippen LogP contribution in [0.5, 0.6) is 5.75 Å². The van der Waals surface area contributed by atoms with Crippen molar-refractivity contribution in [2.75, 3.05) is 18.1 Å². The van der Waals surface area contributed by atoms with Gasteiger partial charge in [0.2, 0.25) is 0 Å². The molecule has 0 aliphatic rings. The van der Waals surface area contributed by atoms with Crippen LogP contribution in [-0.4, -0.2) is 35.2 Å². The van der Waals surface area contributed by atoms with Crippen LogP contribution in [-0.2, 0) is 4.79 Å². The number of hydrogen-bond donors (Lipinski definition) is 2. The third kappa shape index (κ3) is 5.60. The van der Waals surface area contributed by atoms with Gasteiger partial charge in [-0.25, -0.2) is 0 Å². The Hall–Kier alpha value is -1.20. The van der Waals surface area contributed by atoms with Crippen molar-refractivity contribution in [3.8, 4) is 5.75 Å². The molecule has 0 aromatic heterocycles. The Bertz CT molecular complexity index is 353. The van der Waals surface area contributed by atoms with Gasteiger partial charge < -0.3 is 15.6 Å². The first kappa shape index (κ1) is 13.9. The molecule has 0 fully saturated rings. The third-order valence-electron chi connectivity index (χ3n) is 2.13. The van der Waals surface area contributed by atoms with Gasteiger partial charge in [0.1, 0.15) is 11.8 Å². The van der Waals surface area contributed by atoms with Crippen molar-refractivity contribution in [3.05, 3.63) is 29.8 Å². The number of carbonyl (C=O) groups is 1. The fourth-order valence-corrected chi connectivity index (χ4v) is 1.90. The molecule has 0 radical (unpaired) electrons. The van der Waals surface area contributed by atoms with Crippen molar-refractivity contribution in [3.63, 3.8) is 0 Å². The monoisotopic (exact) mass is 255 g/mol. The lowest BCUT2D eigenvalue weighted by Gasteiger charge is -2.08. The maximum atomic E-state index is 10.4. The molecule has 0 aliphatic carbocycles. The Kier molecular flexibility index (Phi) is 5.86. The van der Waals surface area contributed by atoms with E-state index in [4.69, 9.17) is 15.6 Å². The molecule has 1 aromatic carbocycles. The van der Waals surface area contributed by atoms with Crippen LogP contribution >= 0.6 is 11.8 Å². The van der Waals surface area contributed by atoms with Crippen molar-refractivity contribution >= 4 is 17.7 Å². The molecular weight excluding hydrogens is 238 g/mol. The molecule has 1 atom stereocenters. The molecule has 0 heterocycles. The van der Waals surface area contributed by atoms with Crippen LogP contribution in [0.2, 0.25) is 0 Å². The highest BCUT2D eigenvalue weighted by atomic mass is 32.2. The maximum absolute atomic E-state index is 10.4. The van der Waals surface area contributed by atoms with Gasteiger partial charge in [-0.05, 0) is 19.1 Å². The maximum Gasteiger partial charge on any atom is 0.321 e. The zero-order valence-electron chi connectivity index (χ0n) is 9.76. The summed E-state index contributed by atoms with van der Waals surface area (Å²) in [4.78, 5) is 10.4. The number of hydrogen-bond acceptors (Lipinski definition) is 4. The molecule has 0 unspecified atom stereocenters. The van der Waals surface area contributed by atoms with E-state index in [0.29, 0.717) is 12.4 Å². The molecule has 0 amide bonds. The van der Waals surface area contributed by atoms with E-state index < -0.39 is 12.0 Å². The number of aryl methyl sites for hydroxylation is 1. The number of ether oxygens (including phenoxy) is 1. The summed E-state index contributed by atoms with van der Waals surface area (Å²) < 4.78 is 5.49. The molecule has 0 saturated heterocycles. The Balaban J connectivity index is 2.12. The van der Waals surface area contributed by atoms with E-state index in [1.165, 1.54) is 17.3 Å². The first-order valence-corrected chi connectivity index (χ1v) is 6.50. The lowest BCUT2D eigenvalue weighted by Crippen LogP contribution is -2.32. The summed E-state index contributed by atoms with van der Waals surface area (Å²) in [5.74, 6) is 1.01. The highest BCUT2D eigenvalue weighted by Crippen LogP contribution is 2.12. The molecule has 4 nitrogen and oxygen atoms in total. The van der Waals surface area contributed by atoms with E-state index in [-0.39, 0.29) is 0 Å². The van der Waals surface area contributed by atoms with Crippen LogP contribution in [0.4, 0.5) is 0 Å². The second kappa shape index (κ2) is 7.19. The fraction of sp³-hybridized carbons (Fsp3) is 0.417. The van der Waals surface area contributed by atoms with E-state index in [2.05, 4.69) is 0 Å². The standard InChI is InChI=1S/C12H17NO3S/c1-9-2-4-10(5-3-9)16-6-7-17-8-11(13)12(14)15/h2-5,11H,6-8,13H2,1H3,(H,14,15)/t11-/m0/s1. The van der Waals surface area contributed by atoms with Gasteiger partial charge >= 0.3 is 5.97 Å². The predicted molar refractivity (Wildman–Crippen MR) is 69.6 cm³/mol. The van der Waals surface area contributed by atoms with Crippen LogP contribution in [0.1, 0.15) is 5.56 Å². The predicted octanol–water partition coefficient (Wildman–Crippen LogP) is 1.52. The van der Waals surface area contributed by atoms with Crippen molar-refractivity contribution in [1.82, 2.24) is 0 Å². The number of carboxylic acids is 1. The van der Waals surface area contributed by atoms with E-state index in [0.717, 1.165) is 11.5 Å². The van der Waals surface area contributed by atoms with Crippen molar-refractivity contribution in [2.24, 2.45) is 5.73 Å². The van der Waals surface area contributed by atoms with Crippen LogP contribution in [0.15, 0.2) is 24.3 Å². The normalized spacial score (nSPS) is 12.1. The molecule has 17 heavy (non-hydrogen) atoms. The van der Waals surface area contributed by atoms with Gasteiger partial charge in [-0.2, -0.15) is 11.8 Å².